The summed E-state index contributed by atoms with van der Waals surface area (Å²) in [6, 6.07) is 3.58. The molecule has 1 N–H and O–H groups in total. The number of phenols is 1. The lowest BCUT2D eigenvalue weighted by Crippen LogP contribution is -2.51. The lowest BCUT2D eigenvalue weighted by atomic mass is 9.88. The fourth-order valence-electron chi connectivity index (χ4n) is 3.27. The van der Waals surface area contributed by atoms with E-state index in [-0.39, 0.29) is 23.4 Å². The van der Waals surface area contributed by atoms with Crippen LogP contribution in [0.2, 0.25) is 0 Å². The zero-order valence-electron chi connectivity index (χ0n) is 11.9. The highest BCUT2D eigenvalue weighted by Crippen LogP contribution is 2.37. The van der Waals surface area contributed by atoms with E-state index in [1.807, 2.05) is 0 Å². The summed E-state index contributed by atoms with van der Waals surface area (Å²) in [5.41, 5.74) is 0.627. The molecule has 0 amide bonds. The molecule has 1 aliphatic carbocycles. The van der Waals surface area contributed by atoms with Gasteiger partial charge in [0, 0.05) is 17.6 Å². The monoisotopic (exact) mass is 279 g/mol. The fraction of sp³-hybridized carbons (Fsp3) is 0.625. The van der Waals surface area contributed by atoms with Crippen molar-refractivity contribution in [2.75, 3.05) is 13.2 Å². The Kier molecular flexibility index (Phi) is 3.83. The van der Waals surface area contributed by atoms with E-state index in [0.717, 1.165) is 13.0 Å². The van der Waals surface area contributed by atoms with E-state index in [9.17, 15) is 9.50 Å². The number of ether oxygens (including phenoxy) is 1. The van der Waals surface area contributed by atoms with Crippen LogP contribution in [0.15, 0.2) is 12.1 Å². The highest BCUT2D eigenvalue weighted by atomic mass is 19.1. The third kappa shape index (κ3) is 2.37. The number of aromatic hydroxyl groups is 1. The third-order valence-electron chi connectivity index (χ3n) is 4.54. The van der Waals surface area contributed by atoms with E-state index in [0.29, 0.717) is 24.6 Å². The van der Waals surface area contributed by atoms with E-state index in [1.54, 1.807) is 0 Å². The van der Waals surface area contributed by atoms with Gasteiger partial charge in [0.2, 0.25) is 0 Å². The summed E-state index contributed by atoms with van der Waals surface area (Å²) in [6.07, 6.45) is 5.58. The first-order chi connectivity index (χ1) is 9.70. The maximum absolute atomic E-state index is 13.7. The maximum atomic E-state index is 13.7. The highest BCUT2D eigenvalue weighted by Gasteiger charge is 2.34. The Morgan fingerprint density at radius 3 is 2.80 bits per heavy atom. The van der Waals surface area contributed by atoms with Gasteiger partial charge in [-0.25, -0.2) is 4.39 Å². The van der Waals surface area contributed by atoms with Gasteiger partial charge in [0.1, 0.15) is 12.4 Å². The Balaban J connectivity index is 1.81. The average Bonchev–Trinajstić information content (AvgIpc) is 2.40. The molecule has 110 valence electrons. The van der Waals surface area contributed by atoms with Gasteiger partial charge < -0.3 is 9.84 Å². The van der Waals surface area contributed by atoms with E-state index in [2.05, 4.69) is 11.8 Å². The number of hydrogen-bond acceptors (Lipinski definition) is 3. The van der Waals surface area contributed by atoms with Crippen LogP contribution in [0, 0.1) is 5.82 Å². The van der Waals surface area contributed by atoms with Crippen molar-refractivity contribution < 1.29 is 14.2 Å². The second-order valence-electron chi connectivity index (χ2n) is 5.87. The number of rotatable bonds is 4. The molecule has 4 heteroatoms. The van der Waals surface area contributed by atoms with E-state index in [4.69, 9.17) is 4.74 Å². The largest absolute Gasteiger partial charge is 0.508 e. The summed E-state index contributed by atoms with van der Waals surface area (Å²) in [7, 11) is 0. The van der Waals surface area contributed by atoms with Gasteiger partial charge in [0.25, 0.3) is 0 Å². The van der Waals surface area contributed by atoms with Crippen LogP contribution in [0.3, 0.4) is 0 Å². The maximum Gasteiger partial charge on any atom is 0.165 e. The second-order valence-corrected chi connectivity index (χ2v) is 5.87. The second kappa shape index (κ2) is 5.60. The Morgan fingerprint density at radius 2 is 2.15 bits per heavy atom. The van der Waals surface area contributed by atoms with E-state index >= 15 is 0 Å². The standard InChI is InChI=1S/C16H22FNO2/c1-2-8-18(11-4-3-5-11)12-9-13-15(19)7-6-14(17)16(13)20-10-12/h6-7,11-12,19H,2-5,8-10H2,1H3/t12-/m1/s1. The van der Waals surface area contributed by atoms with Gasteiger partial charge in [0.15, 0.2) is 11.6 Å². The molecule has 0 saturated heterocycles. The highest BCUT2D eigenvalue weighted by molar-refractivity contribution is 5.46. The molecule has 0 unspecified atom stereocenters. The normalized spacial score (nSPS) is 22.2. The van der Waals surface area contributed by atoms with Gasteiger partial charge in [-0.05, 0) is 44.4 Å². The molecule has 0 spiro atoms. The minimum atomic E-state index is -0.373. The number of halogens is 1. The molecule has 0 radical (unpaired) electrons. The molecule has 1 atom stereocenters. The molecular weight excluding hydrogens is 257 g/mol. The average molecular weight is 279 g/mol. The first kappa shape index (κ1) is 13.7. The predicted molar refractivity (Wildman–Crippen MR) is 75.7 cm³/mol. The SMILES string of the molecule is CCCN(C1CCC1)[C@H]1COc2c(F)ccc(O)c2C1. The molecule has 20 heavy (non-hydrogen) atoms. The molecule has 3 rings (SSSR count). The molecule has 0 aromatic heterocycles. The van der Waals surface area contributed by atoms with Crippen molar-refractivity contribution in [1.29, 1.82) is 0 Å². The molecule has 2 aliphatic rings. The molecule has 1 aromatic rings. The van der Waals surface area contributed by atoms with Crippen LogP contribution in [0.5, 0.6) is 11.5 Å². The number of benzene rings is 1. The molecule has 0 bridgehead atoms. The summed E-state index contributed by atoms with van der Waals surface area (Å²) in [5, 5.41) is 9.95. The minimum absolute atomic E-state index is 0.149. The summed E-state index contributed by atoms with van der Waals surface area (Å²) in [5.74, 6) is 0.0180. The third-order valence-corrected chi connectivity index (χ3v) is 4.54. The van der Waals surface area contributed by atoms with Crippen LogP contribution in [-0.4, -0.2) is 35.2 Å². The molecule has 3 nitrogen and oxygen atoms in total. The van der Waals surface area contributed by atoms with Gasteiger partial charge in [-0.3, -0.25) is 4.90 Å². The Hall–Kier alpha value is -1.29. The van der Waals surface area contributed by atoms with Gasteiger partial charge >= 0.3 is 0 Å². The molecule has 1 fully saturated rings. The van der Waals surface area contributed by atoms with Crippen molar-refractivity contribution in [3.63, 3.8) is 0 Å². The lowest BCUT2D eigenvalue weighted by Gasteiger charge is -2.44. The van der Waals surface area contributed by atoms with Crippen LogP contribution in [0.1, 0.15) is 38.2 Å². The van der Waals surface area contributed by atoms with Gasteiger partial charge in [-0.1, -0.05) is 13.3 Å². The number of phenolic OH excluding ortho intramolecular Hbond substituents is 1. The molecule has 1 heterocycles. The zero-order chi connectivity index (χ0) is 14.1. The summed E-state index contributed by atoms with van der Waals surface area (Å²) in [4.78, 5) is 2.50. The fourth-order valence-corrected chi connectivity index (χ4v) is 3.27. The van der Waals surface area contributed by atoms with Crippen LogP contribution < -0.4 is 4.74 Å². The van der Waals surface area contributed by atoms with Crippen molar-refractivity contribution in [1.82, 2.24) is 4.90 Å². The zero-order valence-corrected chi connectivity index (χ0v) is 11.9. The minimum Gasteiger partial charge on any atom is -0.508 e. The van der Waals surface area contributed by atoms with Gasteiger partial charge in [-0.2, -0.15) is 0 Å². The lowest BCUT2D eigenvalue weighted by molar-refractivity contribution is 0.0428. The van der Waals surface area contributed by atoms with Crippen molar-refractivity contribution >= 4 is 0 Å². The van der Waals surface area contributed by atoms with Gasteiger partial charge in [-0.15, -0.1) is 0 Å². The Morgan fingerprint density at radius 1 is 1.35 bits per heavy atom. The Bertz CT molecular complexity index is 488. The number of hydrogen-bond donors (Lipinski definition) is 1. The van der Waals surface area contributed by atoms with Crippen molar-refractivity contribution in [3.05, 3.63) is 23.5 Å². The van der Waals surface area contributed by atoms with Crippen molar-refractivity contribution in [3.8, 4) is 11.5 Å². The molecule has 1 aromatic carbocycles. The quantitative estimate of drug-likeness (QED) is 0.919. The van der Waals surface area contributed by atoms with E-state index in [1.165, 1.54) is 31.4 Å². The smallest absolute Gasteiger partial charge is 0.165 e. The predicted octanol–water partition coefficient (Wildman–Crippen LogP) is 3.10. The van der Waals surface area contributed by atoms with Crippen LogP contribution >= 0.6 is 0 Å². The number of fused-ring (bicyclic) bond motifs is 1. The molecule has 1 aliphatic heterocycles. The van der Waals surface area contributed by atoms with Gasteiger partial charge in [0.05, 0.1) is 0 Å². The number of nitrogens with zero attached hydrogens (tertiary/aromatic N) is 1. The Labute approximate surface area is 119 Å². The molecule has 1 saturated carbocycles. The van der Waals surface area contributed by atoms with Crippen LogP contribution in [0.25, 0.3) is 0 Å². The van der Waals surface area contributed by atoms with Crippen LogP contribution in [-0.2, 0) is 6.42 Å². The molecular formula is C16H22FNO2. The van der Waals surface area contributed by atoms with Crippen LogP contribution in [0.4, 0.5) is 4.39 Å². The summed E-state index contributed by atoms with van der Waals surface area (Å²) >= 11 is 0. The first-order valence-electron chi connectivity index (χ1n) is 7.59. The summed E-state index contributed by atoms with van der Waals surface area (Å²) < 4.78 is 19.3. The summed E-state index contributed by atoms with van der Waals surface area (Å²) in [6.45, 7) is 3.74. The topological polar surface area (TPSA) is 32.7 Å². The van der Waals surface area contributed by atoms with E-state index < -0.39 is 0 Å². The first-order valence-corrected chi connectivity index (χ1v) is 7.59. The van der Waals surface area contributed by atoms with Crippen molar-refractivity contribution in [2.24, 2.45) is 0 Å². The van der Waals surface area contributed by atoms with Crippen molar-refractivity contribution in [2.45, 2.75) is 51.1 Å².